The zero-order valence-corrected chi connectivity index (χ0v) is 21.7. The third-order valence-corrected chi connectivity index (χ3v) is 6.07. The number of hydrogen-bond acceptors (Lipinski definition) is 6. The monoisotopic (exact) mass is 529 g/mol. The summed E-state index contributed by atoms with van der Waals surface area (Å²) in [4.78, 5) is 48.2. The first-order valence-electron chi connectivity index (χ1n) is 12.5. The van der Waals surface area contributed by atoms with Crippen LogP contribution in [0.3, 0.4) is 0 Å². The number of urea groups is 1. The van der Waals surface area contributed by atoms with E-state index in [1.807, 2.05) is 42.5 Å². The number of unbranched alkanes of at least 4 members (excludes halogenated alkanes) is 1. The van der Waals surface area contributed by atoms with E-state index < -0.39 is 17.9 Å². The molecule has 0 unspecified atom stereocenters. The molecule has 10 heteroatoms. The molecule has 0 bridgehead atoms. The lowest BCUT2D eigenvalue weighted by molar-refractivity contribution is -0.135. The fourth-order valence-electron chi connectivity index (χ4n) is 4.07. The van der Waals surface area contributed by atoms with Gasteiger partial charge in [-0.1, -0.05) is 36.4 Å². The molecule has 3 rings (SSSR count). The van der Waals surface area contributed by atoms with Crippen LogP contribution in [0.5, 0.6) is 5.75 Å². The molecule has 0 saturated heterocycles. The number of fused-ring (bicyclic) bond motifs is 1. The van der Waals surface area contributed by atoms with E-state index >= 15 is 0 Å². The maximum absolute atomic E-state index is 12.7. The topological polar surface area (TPSA) is 163 Å². The number of ether oxygens (including phenoxy) is 1. The summed E-state index contributed by atoms with van der Waals surface area (Å²) >= 11 is 0. The molecule has 3 aromatic rings. The van der Waals surface area contributed by atoms with Crippen molar-refractivity contribution in [2.24, 2.45) is 11.7 Å². The smallest absolute Gasteiger partial charge is 0.318 e. The molecule has 0 saturated carbocycles. The van der Waals surface area contributed by atoms with Crippen molar-refractivity contribution in [3.8, 4) is 11.8 Å². The van der Waals surface area contributed by atoms with Crippen LogP contribution in [0.1, 0.15) is 29.5 Å². The minimum absolute atomic E-state index is 0.0702. The number of amides is 5. The van der Waals surface area contributed by atoms with E-state index in [1.165, 1.54) is 7.05 Å². The molecule has 0 radical (unpaired) electrons. The highest BCUT2D eigenvalue weighted by Crippen LogP contribution is 2.27. The number of benzene rings is 3. The molecular weight excluding hydrogens is 498 g/mol. The normalized spacial score (nSPS) is 11.2. The molecule has 39 heavy (non-hydrogen) atoms. The number of carbonyl (C=O) groups excluding carboxylic acids is 4. The van der Waals surface area contributed by atoms with Gasteiger partial charge in [0.15, 0.2) is 0 Å². The summed E-state index contributed by atoms with van der Waals surface area (Å²) in [6.45, 7) is 0.692. The second-order valence-corrected chi connectivity index (χ2v) is 8.92. The minimum Gasteiger partial charge on any atom is -0.493 e. The Morgan fingerprint density at radius 3 is 2.31 bits per heavy atom. The molecule has 0 aliphatic rings. The Kier molecular flexibility index (Phi) is 10.4. The van der Waals surface area contributed by atoms with Crippen LogP contribution in [0.2, 0.25) is 0 Å². The molecule has 10 nitrogen and oxygen atoms in total. The fraction of sp³-hybridized carbons (Fsp3) is 0.276. The fourth-order valence-corrected chi connectivity index (χ4v) is 4.07. The van der Waals surface area contributed by atoms with Gasteiger partial charge in [-0.2, -0.15) is 5.26 Å². The van der Waals surface area contributed by atoms with Crippen molar-refractivity contribution in [1.82, 2.24) is 16.0 Å². The van der Waals surface area contributed by atoms with E-state index in [4.69, 9.17) is 15.7 Å². The third-order valence-electron chi connectivity index (χ3n) is 6.07. The number of nitrogens with zero attached hydrogens (tertiary/aromatic N) is 1. The van der Waals surface area contributed by atoms with Gasteiger partial charge in [0.05, 0.1) is 24.7 Å². The van der Waals surface area contributed by atoms with Gasteiger partial charge in [0.25, 0.3) is 0 Å². The van der Waals surface area contributed by atoms with Crippen LogP contribution in [0.25, 0.3) is 10.8 Å². The Morgan fingerprint density at radius 2 is 1.67 bits per heavy atom. The zero-order valence-electron chi connectivity index (χ0n) is 21.7. The zero-order chi connectivity index (χ0) is 28.2. The van der Waals surface area contributed by atoms with Crippen molar-refractivity contribution in [2.75, 3.05) is 20.2 Å². The molecule has 0 heterocycles. The van der Waals surface area contributed by atoms with Crippen LogP contribution in [0, 0.1) is 17.2 Å². The second kappa shape index (κ2) is 14.1. The summed E-state index contributed by atoms with van der Waals surface area (Å²) < 4.78 is 5.96. The quantitative estimate of drug-likeness (QED) is 0.208. The lowest BCUT2D eigenvalue weighted by Gasteiger charge is -2.16. The van der Waals surface area contributed by atoms with Crippen LogP contribution in [-0.2, 0) is 27.2 Å². The maximum atomic E-state index is 12.7. The molecule has 0 fully saturated rings. The third kappa shape index (κ3) is 8.57. The molecule has 0 aromatic heterocycles. The van der Waals surface area contributed by atoms with Gasteiger partial charge in [0.2, 0.25) is 17.7 Å². The average Bonchev–Trinajstić information content (AvgIpc) is 2.93. The lowest BCUT2D eigenvalue weighted by atomic mass is 9.97. The summed E-state index contributed by atoms with van der Waals surface area (Å²) in [5, 5.41) is 18.2. The van der Waals surface area contributed by atoms with Crippen molar-refractivity contribution in [1.29, 1.82) is 5.26 Å². The summed E-state index contributed by atoms with van der Waals surface area (Å²) in [6.07, 6.45) is 1.36. The van der Waals surface area contributed by atoms with Crippen molar-refractivity contribution in [2.45, 2.75) is 25.7 Å². The van der Waals surface area contributed by atoms with Crippen molar-refractivity contribution >= 4 is 34.5 Å². The van der Waals surface area contributed by atoms with Gasteiger partial charge in [0, 0.05) is 19.2 Å². The van der Waals surface area contributed by atoms with E-state index in [0.717, 1.165) is 16.3 Å². The van der Waals surface area contributed by atoms with Gasteiger partial charge in [-0.05, 0) is 59.9 Å². The van der Waals surface area contributed by atoms with Gasteiger partial charge in [-0.3, -0.25) is 19.7 Å². The molecule has 3 aromatic carbocycles. The first kappa shape index (κ1) is 28.7. The SMILES string of the molecule is CNC(=O)[C@H](Cc1ccc(C#N)cc1)C(=O)NCCCCOc1cc2ccccc2cc1CC(=O)NC(N)=O. The van der Waals surface area contributed by atoms with E-state index in [-0.39, 0.29) is 24.7 Å². The highest BCUT2D eigenvalue weighted by atomic mass is 16.5. The number of primary amides is 1. The molecule has 0 aliphatic carbocycles. The highest BCUT2D eigenvalue weighted by molar-refractivity contribution is 6.00. The summed E-state index contributed by atoms with van der Waals surface area (Å²) in [5.41, 5.74) is 6.96. The van der Waals surface area contributed by atoms with Gasteiger partial charge in [-0.25, -0.2) is 4.79 Å². The Bertz CT molecular complexity index is 1380. The predicted octanol–water partition coefficient (Wildman–Crippen LogP) is 2.33. The van der Waals surface area contributed by atoms with E-state index in [2.05, 4.69) is 16.0 Å². The van der Waals surface area contributed by atoms with Crippen molar-refractivity contribution in [3.63, 3.8) is 0 Å². The molecule has 0 aliphatic heterocycles. The number of imide groups is 1. The van der Waals surface area contributed by atoms with Gasteiger partial charge >= 0.3 is 6.03 Å². The molecule has 5 N–H and O–H groups in total. The lowest BCUT2D eigenvalue weighted by Crippen LogP contribution is -2.41. The summed E-state index contributed by atoms with van der Waals surface area (Å²) in [7, 11) is 1.48. The van der Waals surface area contributed by atoms with Gasteiger partial charge < -0.3 is 21.1 Å². The van der Waals surface area contributed by atoms with Crippen LogP contribution in [0.15, 0.2) is 60.7 Å². The molecule has 0 spiro atoms. The molecule has 1 atom stereocenters. The largest absolute Gasteiger partial charge is 0.493 e. The highest BCUT2D eigenvalue weighted by Gasteiger charge is 2.25. The minimum atomic E-state index is -0.916. The molecular formula is C29H31N5O5. The maximum Gasteiger partial charge on any atom is 0.318 e. The van der Waals surface area contributed by atoms with Crippen LogP contribution >= 0.6 is 0 Å². The van der Waals surface area contributed by atoms with E-state index in [1.54, 1.807) is 24.3 Å². The standard InChI is InChI=1S/C29H31N5O5/c1-32-27(36)24(14-19-8-10-20(18-30)11-9-19)28(37)33-12-4-5-13-39-25-16-22-7-3-2-6-21(22)15-23(25)17-26(35)34-29(31)38/h2-3,6-11,15-16,24H,4-5,12-14,17H2,1H3,(H,32,36)(H,33,37)(H3,31,34,35,38)/t24-/m0/s1. The van der Waals surface area contributed by atoms with E-state index in [9.17, 15) is 19.2 Å². The van der Waals surface area contributed by atoms with Crippen molar-refractivity contribution < 1.29 is 23.9 Å². The Morgan fingerprint density at radius 1 is 0.974 bits per heavy atom. The molecule has 202 valence electrons. The van der Waals surface area contributed by atoms with Crippen LogP contribution in [0.4, 0.5) is 4.79 Å². The van der Waals surface area contributed by atoms with Crippen LogP contribution in [-0.4, -0.2) is 44.0 Å². The van der Waals surface area contributed by atoms with Gasteiger partial charge in [0.1, 0.15) is 11.7 Å². The Labute approximate surface area is 226 Å². The number of rotatable bonds is 12. The number of nitrogens with one attached hydrogen (secondary N) is 3. The Balaban J connectivity index is 1.53. The molecule has 5 amide bonds. The number of hydrogen-bond donors (Lipinski definition) is 4. The number of nitriles is 1. The first-order chi connectivity index (χ1) is 18.8. The second-order valence-electron chi connectivity index (χ2n) is 8.92. The summed E-state index contributed by atoms with van der Waals surface area (Å²) in [5.74, 6) is -1.66. The average molecular weight is 530 g/mol. The van der Waals surface area contributed by atoms with Gasteiger partial charge in [-0.15, -0.1) is 0 Å². The van der Waals surface area contributed by atoms with Crippen molar-refractivity contribution in [3.05, 3.63) is 77.4 Å². The summed E-state index contributed by atoms with van der Waals surface area (Å²) in [6, 6.07) is 19.2. The Hall–Kier alpha value is -4.91. The number of nitrogens with two attached hydrogens (primary N) is 1. The van der Waals surface area contributed by atoms with Crippen LogP contribution < -0.4 is 26.4 Å². The van der Waals surface area contributed by atoms with E-state index in [0.29, 0.717) is 42.9 Å². The number of carbonyl (C=O) groups is 4. The first-order valence-corrected chi connectivity index (χ1v) is 12.5. The predicted molar refractivity (Wildman–Crippen MR) is 146 cm³/mol.